The summed E-state index contributed by atoms with van der Waals surface area (Å²) in [6, 6.07) is 8.36. The fourth-order valence-electron chi connectivity index (χ4n) is 1.59. The molecule has 0 aliphatic rings. The largest absolute Gasteiger partial charge is 0.506 e. The first-order valence-electron chi connectivity index (χ1n) is 5.59. The molecule has 7 heteroatoms. The summed E-state index contributed by atoms with van der Waals surface area (Å²) in [5.74, 6) is 5.37. The number of hydrogen-bond donors (Lipinski definition) is 4. The number of aromatic hydroxyl groups is 1. The zero-order valence-corrected chi connectivity index (χ0v) is 12.6. The fourth-order valence-corrected chi connectivity index (χ4v) is 2.42. The molecule has 0 saturated heterocycles. The first kappa shape index (κ1) is 14.6. The minimum atomic E-state index is 0.0753. The Hall–Kier alpha value is -1.76. The van der Waals surface area contributed by atoms with Gasteiger partial charge in [-0.25, -0.2) is 0 Å². The lowest BCUT2D eigenvalue weighted by molar-refractivity contribution is 0.471. The highest BCUT2D eigenvalue weighted by molar-refractivity contribution is 9.10. The van der Waals surface area contributed by atoms with Gasteiger partial charge in [-0.2, -0.15) is 0 Å². The van der Waals surface area contributed by atoms with Crippen LogP contribution in [0.2, 0.25) is 5.02 Å². The average molecular weight is 356 g/mol. The summed E-state index contributed by atoms with van der Waals surface area (Å²) < 4.78 is 0.508. The second-order valence-corrected chi connectivity index (χ2v) is 5.29. The lowest BCUT2D eigenvalue weighted by Crippen LogP contribution is -2.08. The van der Waals surface area contributed by atoms with Crippen molar-refractivity contribution in [2.45, 2.75) is 0 Å². The normalized spacial score (nSPS) is 10.9. The lowest BCUT2D eigenvalue weighted by atomic mass is 10.2. The fraction of sp³-hybridized carbons (Fsp3) is 0. The summed E-state index contributed by atoms with van der Waals surface area (Å²) in [4.78, 5) is 4.24. The monoisotopic (exact) mass is 354 g/mol. The molecule has 0 radical (unpaired) electrons. The van der Waals surface area contributed by atoms with E-state index in [0.29, 0.717) is 32.1 Å². The summed E-state index contributed by atoms with van der Waals surface area (Å²) in [7, 11) is 0. The minimum Gasteiger partial charge on any atom is -0.506 e. The molecule has 6 N–H and O–H groups in total. The molecule has 0 spiro atoms. The first-order chi connectivity index (χ1) is 9.51. The molecule has 2 rings (SSSR count). The maximum Gasteiger partial charge on any atom is 0.138 e. The highest BCUT2D eigenvalue weighted by Crippen LogP contribution is 2.31. The van der Waals surface area contributed by atoms with Crippen molar-refractivity contribution in [3.8, 4) is 5.75 Å². The van der Waals surface area contributed by atoms with E-state index >= 15 is 0 Å². The van der Waals surface area contributed by atoms with Gasteiger partial charge in [-0.1, -0.05) is 11.6 Å². The van der Waals surface area contributed by atoms with Crippen molar-refractivity contribution >= 4 is 50.8 Å². The Bertz CT molecular complexity index is 676. The average Bonchev–Trinajstić information content (AvgIpc) is 2.41. The van der Waals surface area contributed by atoms with E-state index in [1.807, 2.05) is 0 Å². The van der Waals surface area contributed by atoms with E-state index in [9.17, 15) is 5.11 Å². The number of nitrogens with two attached hydrogens (primary N) is 2. The van der Waals surface area contributed by atoms with Gasteiger partial charge in [0.2, 0.25) is 0 Å². The van der Waals surface area contributed by atoms with Gasteiger partial charge in [-0.05, 0) is 46.3 Å². The number of benzene rings is 2. The number of halogens is 2. The van der Waals surface area contributed by atoms with Crippen molar-refractivity contribution in [2.75, 3.05) is 11.2 Å². The van der Waals surface area contributed by atoms with Crippen molar-refractivity contribution in [3.05, 3.63) is 45.4 Å². The van der Waals surface area contributed by atoms with Crippen LogP contribution in [0, 0.1) is 0 Å². The lowest BCUT2D eigenvalue weighted by Gasteiger charge is -2.05. The molecule has 0 aliphatic heterocycles. The number of phenols is 1. The molecular weight excluding hydrogens is 344 g/mol. The summed E-state index contributed by atoms with van der Waals surface area (Å²) in [6.45, 7) is 0. The highest BCUT2D eigenvalue weighted by atomic mass is 79.9. The Morgan fingerprint density at radius 2 is 2.05 bits per heavy atom. The Labute approximate surface area is 129 Å². The molecule has 0 amide bonds. The zero-order chi connectivity index (χ0) is 14.7. The molecule has 20 heavy (non-hydrogen) atoms. The van der Waals surface area contributed by atoms with Gasteiger partial charge >= 0.3 is 0 Å². The number of nitrogens with zero attached hydrogens (tertiary/aromatic N) is 1. The van der Waals surface area contributed by atoms with Gasteiger partial charge in [0.1, 0.15) is 5.75 Å². The molecule has 104 valence electrons. The van der Waals surface area contributed by atoms with Gasteiger partial charge in [0, 0.05) is 16.8 Å². The van der Waals surface area contributed by atoms with Crippen molar-refractivity contribution in [2.24, 2.45) is 10.8 Å². The molecule has 0 aliphatic carbocycles. The minimum absolute atomic E-state index is 0.0753. The number of nitrogen functional groups attached to an aromatic ring is 2. The van der Waals surface area contributed by atoms with Crippen molar-refractivity contribution in [1.29, 1.82) is 0 Å². The Kier molecular flexibility index (Phi) is 4.49. The number of anilines is 2. The van der Waals surface area contributed by atoms with Crippen molar-refractivity contribution < 1.29 is 5.11 Å². The maximum absolute atomic E-state index is 9.89. The number of phenolic OH excluding ortho intramolecular Hbond substituents is 1. The molecule has 0 saturated carbocycles. The quantitative estimate of drug-likeness (QED) is 0.293. The summed E-state index contributed by atoms with van der Waals surface area (Å²) in [6.07, 6.45) is 1.51. The van der Waals surface area contributed by atoms with Gasteiger partial charge in [0.15, 0.2) is 0 Å². The number of rotatable bonds is 3. The molecule has 0 aromatic heterocycles. The highest BCUT2D eigenvalue weighted by Gasteiger charge is 2.05. The van der Waals surface area contributed by atoms with Gasteiger partial charge in [0.25, 0.3) is 0 Å². The van der Waals surface area contributed by atoms with E-state index in [0.717, 1.165) is 0 Å². The SMILES string of the molecule is NNc1ccc(N=Cc2cc(Cl)cc(Br)c2O)cc1N. The number of hydrazine groups is 1. The van der Waals surface area contributed by atoms with Crippen molar-refractivity contribution in [3.63, 3.8) is 0 Å². The third-order valence-corrected chi connectivity index (χ3v) is 3.42. The van der Waals surface area contributed by atoms with Crippen LogP contribution in [0.15, 0.2) is 39.8 Å². The van der Waals surface area contributed by atoms with Crippen LogP contribution in [-0.4, -0.2) is 11.3 Å². The van der Waals surface area contributed by atoms with Gasteiger partial charge in [0.05, 0.1) is 21.5 Å². The van der Waals surface area contributed by atoms with E-state index in [-0.39, 0.29) is 5.75 Å². The molecular formula is C13H12BrClN4O. The predicted octanol–water partition coefficient (Wildman–Crippen LogP) is 3.43. The number of hydrogen-bond acceptors (Lipinski definition) is 5. The van der Waals surface area contributed by atoms with E-state index in [4.69, 9.17) is 23.2 Å². The topological polar surface area (TPSA) is 96.7 Å². The summed E-state index contributed by atoms with van der Waals surface area (Å²) in [5.41, 5.74) is 10.5. The van der Waals surface area contributed by atoms with Crippen LogP contribution < -0.4 is 17.0 Å². The molecule has 0 bridgehead atoms. The second kappa shape index (κ2) is 6.13. The van der Waals surface area contributed by atoms with E-state index in [1.54, 1.807) is 30.3 Å². The van der Waals surface area contributed by atoms with E-state index in [1.165, 1.54) is 6.21 Å². The standard InChI is InChI=1S/C13H12BrClN4O/c14-10-4-8(15)3-7(13(10)20)6-18-9-1-2-12(19-17)11(16)5-9/h1-6,19-20H,16-17H2. The van der Waals surface area contributed by atoms with Gasteiger partial charge < -0.3 is 16.3 Å². The molecule has 5 nitrogen and oxygen atoms in total. The van der Waals surface area contributed by atoms with Crippen LogP contribution >= 0.6 is 27.5 Å². The molecule has 0 unspecified atom stereocenters. The molecule has 0 atom stereocenters. The van der Waals surface area contributed by atoms with Crippen LogP contribution in [0.4, 0.5) is 17.1 Å². The molecule has 0 fully saturated rings. The summed E-state index contributed by atoms with van der Waals surface area (Å²) in [5, 5.41) is 10.4. The predicted molar refractivity (Wildman–Crippen MR) is 86.7 cm³/mol. The number of nitrogens with one attached hydrogen (secondary N) is 1. The third kappa shape index (κ3) is 3.22. The van der Waals surface area contributed by atoms with Crippen LogP contribution in [0.3, 0.4) is 0 Å². The third-order valence-electron chi connectivity index (χ3n) is 2.60. The first-order valence-corrected chi connectivity index (χ1v) is 6.76. The van der Waals surface area contributed by atoms with Gasteiger partial charge in [-0.15, -0.1) is 0 Å². The number of aliphatic imine (C=N–C) groups is 1. The van der Waals surface area contributed by atoms with Crippen LogP contribution in [0.5, 0.6) is 5.75 Å². The molecule has 2 aromatic rings. The zero-order valence-electron chi connectivity index (χ0n) is 10.3. The van der Waals surface area contributed by atoms with Crippen LogP contribution in [-0.2, 0) is 0 Å². The Morgan fingerprint density at radius 3 is 2.70 bits per heavy atom. The smallest absolute Gasteiger partial charge is 0.138 e. The summed E-state index contributed by atoms with van der Waals surface area (Å²) >= 11 is 9.14. The molecule has 0 heterocycles. The van der Waals surface area contributed by atoms with Crippen LogP contribution in [0.1, 0.15) is 5.56 Å². The molecule has 2 aromatic carbocycles. The van der Waals surface area contributed by atoms with E-state index < -0.39 is 0 Å². The second-order valence-electron chi connectivity index (χ2n) is 4.00. The van der Waals surface area contributed by atoms with Gasteiger partial charge in [-0.3, -0.25) is 10.8 Å². The van der Waals surface area contributed by atoms with Crippen molar-refractivity contribution in [1.82, 2.24) is 0 Å². The Balaban J connectivity index is 2.32. The Morgan fingerprint density at radius 1 is 1.30 bits per heavy atom. The van der Waals surface area contributed by atoms with Crippen LogP contribution in [0.25, 0.3) is 0 Å². The van der Waals surface area contributed by atoms with E-state index in [2.05, 4.69) is 26.3 Å². The maximum atomic E-state index is 9.89.